The molecule has 3 N–H and O–H groups in total. The lowest BCUT2D eigenvalue weighted by atomic mass is 11.8. The zero-order valence-electron chi connectivity index (χ0n) is 3.66. The van der Waals surface area contributed by atoms with Gasteiger partial charge in [-0.15, -0.1) is 0 Å². The first kappa shape index (κ1) is 15.7. The van der Waals surface area contributed by atoms with Crippen LogP contribution in [0.15, 0.2) is 0 Å². The van der Waals surface area contributed by atoms with Gasteiger partial charge >= 0.3 is 0 Å². The normalized spacial score (nSPS) is 6.00. The molecule has 0 saturated carbocycles. The highest BCUT2D eigenvalue weighted by atomic mass is 35.6. The summed E-state index contributed by atoms with van der Waals surface area (Å²) in [5.74, 6) is 0. The lowest BCUT2D eigenvalue weighted by Crippen LogP contribution is -1.55. The molecule has 5 heteroatoms. The van der Waals surface area contributed by atoms with Crippen LogP contribution in [0.5, 0.6) is 0 Å². The molecule has 0 aromatic carbocycles. The molecule has 0 rings (SSSR count). The van der Waals surface area contributed by atoms with Crippen molar-refractivity contribution >= 4 is 34.8 Å². The van der Waals surface area contributed by atoms with E-state index in [1.807, 2.05) is 0 Å². The first-order valence-electron chi connectivity index (χ1n) is 1.10. The number of hydrogen-bond acceptors (Lipinski definition) is 1. The van der Waals surface area contributed by atoms with E-state index >= 15 is 0 Å². The van der Waals surface area contributed by atoms with E-state index in [4.69, 9.17) is 39.9 Å². The second-order valence-corrected chi connectivity index (χ2v) is 2.23. The summed E-state index contributed by atoms with van der Waals surface area (Å²) in [6, 6.07) is 0. The lowest BCUT2D eigenvalue weighted by molar-refractivity contribution is 0.399. The van der Waals surface area contributed by atoms with Gasteiger partial charge in [0.25, 0.3) is 0 Å². The van der Waals surface area contributed by atoms with E-state index in [1.165, 1.54) is 0 Å². The summed E-state index contributed by atoms with van der Waals surface area (Å²) in [6.45, 7) is 0. The van der Waals surface area contributed by atoms with E-state index in [-0.39, 0.29) is 5.48 Å². The van der Waals surface area contributed by atoms with Crippen LogP contribution in [0.2, 0.25) is 0 Å². The molecule has 0 aromatic rings. The number of alkyl halides is 3. The van der Waals surface area contributed by atoms with Crippen LogP contribution in [0.4, 0.5) is 0 Å². The van der Waals surface area contributed by atoms with Crippen LogP contribution in [0.25, 0.3) is 0 Å². The Morgan fingerprint density at radius 2 is 1.14 bits per heavy atom. The van der Waals surface area contributed by atoms with E-state index in [1.54, 1.807) is 0 Å². The van der Waals surface area contributed by atoms with Gasteiger partial charge in [-0.25, -0.2) is 0 Å². The molecular weight excluding hydrogens is 162 g/mol. The van der Waals surface area contributed by atoms with E-state index in [0.29, 0.717) is 0 Å². The van der Waals surface area contributed by atoms with Crippen LogP contribution >= 0.6 is 34.8 Å². The highest BCUT2D eigenvalue weighted by Gasteiger charge is 1.78. The summed E-state index contributed by atoms with van der Waals surface area (Å²) in [5.41, 5.74) is 0. The molecule has 0 saturated heterocycles. The van der Waals surface area contributed by atoms with E-state index in [9.17, 15) is 0 Å². The highest BCUT2D eigenvalue weighted by molar-refractivity contribution is 6.63. The van der Waals surface area contributed by atoms with Crippen molar-refractivity contribution in [2.75, 3.05) is 7.11 Å². The molecule has 0 spiro atoms. The van der Waals surface area contributed by atoms with Crippen LogP contribution < -0.4 is 0 Å². The summed E-state index contributed by atoms with van der Waals surface area (Å²) < 4.78 is -0.750. The Bertz CT molecular complexity index is 15.7. The average Bonchev–Trinajstić information content (AvgIpc) is 1.41. The van der Waals surface area contributed by atoms with Gasteiger partial charge in [-0.2, -0.15) is 0 Å². The summed E-state index contributed by atoms with van der Waals surface area (Å²) >= 11 is 14.4. The van der Waals surface area contributed by atoms with Gasteiger partial charge in [0.05, 0.1) is 0 Å². The third-order valence-electron chi connectivity index (χ3n) is 0. The van der Waals surface area contributed by atoms with Crippen molar-refractivity contribution in [1.29, 1.82) is 0 Å². The van der Waals surface area contributed by atoms with Crippen molar-refractivity contribution in [3.05, 3.63) is 0 Å². The predicted octanol–water partition coefficient (Wildman–Crippen LogP) is 0.770. The molecule has 0 bridgehead atoms. The van der Waals surface area contributed by atoms with E-state index < -0.39 is 4.30 Å². The predicted molar refractivity (Wildman–Crippen MR) is 33.1 cm³/mol. The Balaban J connectivity index is -0.0000000480. The Hall–Kier alpha value is 0.790. The summed E-state index contributed by atoms with van der Waals surface area (Å²) in [6.07, 6.45) is 0. The van der Waals surface area contributed by atoms with Gasteiger partial charge in [0.15, 0.2) is 4.30 Å². The first-order valence-corrected chi connectivity index (χ1v) is 2.41. The first-order chi connectivity index (χ1) is 2.73. The van der Waals surface area contributed by atoms with Gasteiger partial charge < -0.3 is 10.6 Å². The second kappa shape index (κ2) is 15.8. The van der Waals surface area contributed by atoms with Crippen molar-refractivity contribution < 1.29 is 10.6 Å². The quantitative estimate of drug-likeness (QED) is 0.535. The highest BCUT2D eigenvalue weighted by Crippen LogP contribution is 2.03. The van der Waals surface area contributed by atoms with Gasteiger partial charge in [-0.05, 0) is 0 Å². The lowest BCUT2D eigenvalue weighted by Gasteiger charge is -1.69. The van der Waals surface area contributed by atoms with Crippen molar-refractivity contribution in [3.8, 4) is 0 Å². The van der Waals surface area contributed by atoms with Crippen LogP contribution in [0, 0.1) is 0 Å². The molecular formula is C2H7Cl3O2. The molecule has 0 atom stereocenters. The maximum atomic E-state index is 7.00. The zero-order chi connectivity index (χ0) is 5.58. The smallest absolute Gasteiger partial charge is 0.180 e. The molecule has 0 aliphatic rings. The zero-order valence-corrected chi connectivity index (χ0v) is 5.93. The number of rotatable bonds is 0. The fourth-order valence-electron chi connectivity index (χ4n) is 0. The summed E-state index contributed by atoms with van der Waals surface area (Å²) in [5, 5.41) is 7.00. The standard InChI is InChI=1S/CHCl3.CH4O.H2O/c2-1(3)4;1-2;/h1H;2H,1H3;1H2. The third kappa shape index (κ3) is 250. The van der Waals surface area contributed by atoms with Gasteiger partial charge in [-0.3, -0.25) is 0 Å². The van der Waals surface area contributed by atoms with E-state index in [0.717, 1.165) is 7.11 Å². The molecule has 2 nitrogen and oxygen atoms in total. The SMILES string of the molecule is CO.ClC(Cl)Cl.O. The molecule has 0 aliphatic heterocycles. The summed E-state index contributed by atoms with van der Waals surface area (Å²) in [7, 11) is 1.00. The summed E-state index contributed by atoms with van der Waals surface area (Å²) in [4.78, 5) is 0. The van der Waals surface area contributed by atoms with E-state index in [2.05, 4.69) is 0 Å². The van der Waals surface area contributed by atoms with Gasteiger partial charge in [0, 0.05) is 7.11 Å². The Morgan fingerprint density at radius 1 is 1.14 bits per heavy atom. The minimum Gasteiger partial charge on any atom is -0.412 e. The molecule has 0 unspecified atom stereocenters. The molecule has 0 fully saturated rings. The van der Waals surface area contributed by atoms with Crippen LogP contribution in [0.1, 0.15) is 0 Å². The molecule has 0 aromatic heterocycles. The largest absolute Gasteiger partial charge is 0.412 e. The average molecular weight is 169 g/mol. The van der Waals surface area contributed by atoms with Gasteiger partial charge in [0.1, 0.15) is 0 Å². The number of aliphatic hydroxyl groups is 1. The van der Waals surface area contributed by atoms with Crippen molar-refractivity contribution in [1.82, 2.24) is 0 Å². The molecule has 48 valence electrons. The maximum Gasteiger partial charge on any atom is 0.180 e. The fraction of sp³-hybridized carbons (Fsp3) is 1.00. The molecule has 0 amide bonds. The molecule has 0 heterocycles. The van der Waals surface area contributed by atoms with Crippen molar-refractivity contribution in [3.63, 3.8) is 0 Å². The van der Waals surface area contributed by atoms with Crippen molar-refractivity contribution in [2.45, 2.75) is 4.30 Å². The van der Waals surface area contributed by atoms with Crippen LogP contribution in [0.3, 0.4) is 0 Å². The Labute approximate surface area is 57.3 Å². The maximum absolute atomic E-state index is 7.00. The van der Waals surface area contributed by atoms with Gasteiger partial charge in [0.2, 0.25) is 0 Å². The number of halogens is 3. The van der Waals surface area contributed by atoms with Gasteiger partial charge in [-0.1, -0.05) is 34.8 Å². The number of hydrogen-bond donors (Lipinski definition) is 1. The second-order valence-electron chi connectivity index (χ2n) is 0.247. The Kier molecular flexibility index (Phi) is 35.4. The van der Waals surface area contributed by atoms with Crippen LogP contribution in [-0.4, -0.2) is 22.0 Å². The molecule has 0 radical (unpaired) electrons. The topological polar surface area (TPSA) is 51.7 Å². The third-order valence-corrected chi connectivity index (χ3v) is 0. The monoisotopic (exact) mass is 168 g/mol. The van der Waals surface area contributed by atoms with Crippen LogP contribution in [-0.2, 0) is 0 Å². The van der Waals surface area contributed by atoms with Crippen molar-refractivity contribution in [2.24, 2.45) is 0 Å². The Morgan fingerprint density at radius 3 is 1.14 bits per heavy atom. The molecule has 0 aliphatic carbocycles. The minimum atomic E-state index is -0.750. The fourth-order valence-corrected chi connectivity index (χ4v) is 0. The number of aliphatic hydroxyl groups excluding tert-OH is 1. The molecule has 7 heavy (non-hydrogen) atoms. The minimum absolute atomic E-state index is 0.